The van der Waals surface area contributed by atoms with Crippen molar-refractivity contribution < 1.29 is 89.0 Å². The Labute approximate surface area is 369 Å². The lowest BCUT2D eigenvalue weighted by molar-refractivity contribution is -0.388. The van der Waals surface area contributed by atoms with Crippen LogP contribution in [-0.4, -0.2) is 188 Å². The number of fused-ring (bicyclic) bond motifs is 7. The predicted octanol–water partition coefficient (Wildman–Crippen LogP) is -0.734. The van der Waals surface area contributed by atoms with Crippen LogP contribution in [0.15, 0.2) is 0 Å². The molecule has 5 saturated heterocycles. The molecular formula is C45H74O18. The minimum atomic E-state index is -1.89. The summed E-state index contributed by atoms with van der Waals surface area (Å²) in [7, 11) is 0. The normalized spacial score (nSPS) is 58.2. The van der Waals surface area contributed by atoms with Crippen molar-refractivity contribution in [1.29, 1.82) is 0 Å². The van der Waals surface area contributed by atoms with Gasteiger partial charge in [0.05, 0.1) is 38.6 Å². The number of ether oxygens (including phenoxy) is 8. The van der Waals surface area contributed by atoms with Crippen molar-refractivity contribution >= 4 is 0 Å². The zero-order chi connectivity index (χ0) is 44.9. The first-order chi connectivity index (χ1) is 30.0. The fourth-order valence-electron chi connectivity index (χ4n) is 14.7. The second kappa shape index (κ2) is 18.0. The van der Waals surface area contributed by atoms with Gasteiger partial charge in [-0.3, -0.25) is 0 Å². The van der Waals surface area contributed by atoms with Gasteiger partial charge in [-0.15, -0.1) is 0 Å². The van der Waals surface area contributed by atoms with Crippen molar-refractivity contribution in [2.45, 2.75) is 202 Å². The lowest BCUT2D eigenvalue weighted by atomic mass is 9.44. The smallest absolute Gasteiger partial charge is 0.187 e. The molecule has 12 unspecified atom stereocenters. The average Bonchev–Trinajstić information content (AvgIpc) is 3.72. The van der Waals surface area contributed by atoms with Gasteiger partial charge in [-0.2, -0.15) is 0 Å². The fourth-order valence-corrected chi connectivity index (χ4v) is 14.7. The van der Waals surface area contributed by atoms with E-state index in [4.69, 9.17) is 37.9 Å². The molecule has 5 aliphatic heterocycles. The van der Waals surface area contributed by atoms with Crippen LogP contribution in [0.25, 0.3) is 0 Å². The van der Waals surface area contributed by atoms with Crippen LogP contribution in [0.3, 0.4) is 0 Å². The first kappa shape index (κ1) is 47.4. The summed E-state index contributed by atoms with van der Waals surface area (Å²) >= 11 is 0. The van der Waals surface area contributed by atoms with E-state index in [0.717, 1.165) is 51.6 Å². The third-order valence-electron chi connectivity index (χ3n) is 18.3. The lowest BCUT2D eigenvalue weighted by Crippen LogP contribution is -2.67. The highest BCUT2D eigenvalue weighted by molar-refractivity contribution is 5.15. The van der Waals surface area contributed by atoms with E-state index in [2.05, 4.69) is 27.7 Å². The van der Waals surface area contributed by atoms with Crippen LogP contribution in [-0.2, 0) is 37.9 Å². The molecule has 10 N–H and O–H groups in total. The molecule has 0 aromatic carbocycles. The summed E-state index contributed by atoms with van der Waals surface area (Å²) in [6.45, 7) is 8.26. The summed E-state index contributed by atoms with van der Waals surface area (Å²) in [6.07, 6.45) is -14.4. The van der Waals surface area contributed by atoms with E-state index in [1.165, 1.54) is 12.8 Å². The molecular weight excluding hydrogens is 828 g/mol. The van der Waals surface area contributed by atoms with E-state index < -0.39 is 118 Å². The van der Waals surface area contributed by atoms with Crippen molar-refractivity contribution in [1.82, 2.24) is 0 Å². The Hall–Kier alpha value is -0.720. The Morgan fingerprint density at radius 1 is 0.556 bits per heavy atom. The zero-order valence-corrected chi connectivity index (χ0v) is 37.0. The highest BCUT2D eigenvalue weighted by Gasteiger charge is 2.69. The Morgan fingerprint density at radius 3 is 1.84 bits per heavy atom. The number of hydrogen-bond acceptors (Lipinski definition) is 18. The van der Waals surface area contributed by atoms with Crippen molar-refractivity contribution in [2.24, 2.45) is 52.3 Å². The molecule has 4 aliphatic carbocycles. The maximum Gasteiger partial charge on any atom is 0.187 e. The minimum absolute atomic E-state index is 0.0982. The second-order valence-electron chi connectivity index (χ2n) is 21.5. The molecule has 0 bridgehead atoms. The summed E-state index contributed by atoms with van der Waals surface area (Å²) < 4.78 is 49.3. The zero-order valence-electron chi connectivity index (χ0n) is 37.0. The minimum Gasteiger partial charge on any atom is -0.394 e. The van der Waals surface area contributed by atoms with Gasteiger partial charge in [-0.05, 0) is 104 Å². The summed E-state index contributed by atoms with van der Waals surface area (Å²) in [4.78, 5) is 0. The number of aliphatic hydroxyl groups is 10. The van der Waals surface area contributed by atoms with Gasteiger partial charge in [-0.1, -0.05) is 27.7 Å². The molecule has 9 rings (SSSR count). The highest BCUT2D eigenvalue weighted by Crippen LogP contribution is 2.71. The van der Waals surface area contributed by atoms with Crippen LogP contribution in [0.5, 0.6) is 0 Å². The monoisotopic (exact) mass is 902 g/mol. The first-order valence-electron chi connectivity index (χ1n) is 23.8. The largest absolute Gasteiger partial charge is 0.394 e. The molecule has 9 aliphatic rings. The molecule has 4 saturated carbocycles. The predicted molar refractivity (Wildman–Crippen MR) is 216 cm³/mol. The lowest BCUT2D eigenvalue weighted by Gasteiger charge is -2.61. The molecule has 18 nitrogen and oxygen atoms in total. The topological polar surface area (TPSA) is 276 Å². The molecule has 0 radical (unpaired) electrons. The quantitative estimate of drug-likeness (QED) is 0.128. The summed E-state index contributed by atoms with van der Waals surface area (Å²) in [6, 6.07) is 0. The molecule has 0 aromatic heterocycles. The molecule has 5 heterocycles. The first-order valence-corrected chi connectivity index (χ1v) is 23.8. The van der Waals surface area contributed by atoms with E-state index >= 15 is 0 Å². The van der Waals surface area contributed by atoms with Crippen molar-refractivity contribution in [3.63, 3.8) is 0 Å². The van der Waals surface area contributed by atoms with E-state index in [1.807, 2.05) is 0 Å². The van der Waals surface area contributed by atoms with Gasteiger partial charge < -0.3 is 89.0 Å². The number of hydrogen-bond donors (Lipinski definition) is 10. The van der Waals surface area contributed by atoms with Crippen molar-refractivity contribution in [3.05, 3.63) is 0 Å². The number of aliphatic hydroxyl groups excluding tert-OH is 10. The fraction of sp³-hybridized carbons (Fsp3) is 1.00. The van der Waals surface area contributed by atoms with Crippen LogP contribution < -0.4 is 0 Å². The Morgan fingerprint density at radius 2 is 1.17 bits per heavy atom. The molecule has 9 fully saturated rings. The van der Waals surface area contributed by atoms with Crippen LogP contribution in [0.2, 0.25) is 0 Å². The Balaban J connectivity index is 0.871. The molecule has 0 amide bonds. The van der Waals surface area contributed by atoms with Gasteiger partial charge in [-0.25, -0.2) is 0 Å². The molecule has 18 heteroatoms. The standard InChI is InChI=1S/C45H74O18/c1-19-7-12-45(56-18-19)20(2)30-26(63-45)14-25-23-6-5-21-13-22(8-10-43(21,3)24(23)9-11-44(25,30)4)57-42-39(35(53)32(50)28(16-47)60-42)62-41-37(55)38(33(51)29(17-48)59-41)61-40-36(54)34(52)31(49)27(15-46)58-40/h19-42,46-55H,5-18H2,1-4H3/t19?,20?,21?,22?,23?,24?,25?,26?,27-,28-,29-,30?,31-,32+,33-,34+,35+,36-,37-,38+,39-,40+,41+,42-,43?,44?,45?/m1/s1. The van der Waals surface area contributed by atoms with E-state index in [1.54, 1.807) is 0 Å². The maximum absolute atomic E-state index is 11.5. The van der Waals surface area contributed by atoms with E-state index in [9.17, 15) is 51.1 Å². The average molecular weight is 903 g/mol. The second-order valence-corrected chi connectivity index (χ2v) is 21.5. The summed E-state index contributed by atoms with van der Waals surface area (Å²) in [5.41, 5.74) is 0.310. The summed E-state index contributed by atoms with van der Waals surface area (Å²) in [5.74, 6) is 3.14. The van der Waals surface area contributed by atoms with Gasteiger partial charge in [0.15, 0.2) is 24.7 Å². The third-order valence-corrected chi connectivity index (χ3v) is 18.3. The number of rotatable bonds is 9. The summed E-state index contributed by atoms with van der Waals surface area (Å²) in [5, 5.41) is 106. The molecule has 27 atom stereocenters. The Kier molecular flexibility index (Phi) is 13.5. The van der Waals surface area contributed by atoms with Crippen LogP contribution >= 0.6 is 0 Å². The molecule has 0 aromatic rings. The van der Waals surface area contributed by atoms with Crippen LogP contribution in [0, 0.1) is 52.3 Å². The van der Waals surface area contributed by atoms with E-state index in [0.29, 0.717) is 47.8 Å². The molecule has 1 spiro atoms. The molecule has 63 heavy (non-hydrogen) atoms. The highest BCUT2D eigenvalue weighted by atomic mass is 16.8. The maximum atomic E-state index is 11.5. The van der Waals surface area contributed by atoms with E-state index in [-0.39, 0.29) is 23.0 Å². The van der Waals surface area contributed by atoms with Gasteiger partial charge in [0.2, 0.25) is 0 Å². The van der Waals surface area contributed by atoms with Crippen LogP contribution in [0.1, 0.15) is 91.9 Å². The third kappa shape index (κ3) is 7.88. The Bertz CT molecular complexity index is 1570. The van der Waals surface area contributed by atoms with Crippen molar-refractivity contribution in [3.8, 4) is 0 Å². The van der Waals surface area contributed by atoms with Gasteiger partial charge in [0.1, 0.15) is 73.2 Å². The van der Waals surface area contributed by atoms with Gasteiger partial charge >= 0.3 is 0 Å². The van der Waals surface area contributed by atoms with Crippen molar-refractivity contribution in [2.75, 3.05) is 26.4 Å². The van der Waals surface area contributed by atoms with Crippen LogP contribution in [0.4, 0.5) is 0 Å². The van der Waals surface area contributed by atoms with Gasteiger partial charge in [0.25, 0.3) is 0 Å². The molecule has 362 valence electrons. The van der Waals surface area contributed by atoms with Gasteiger partial charge in [0, 0.05) is 12.3 Å². The SMILES string of the molecule is CC1CCC2(OC1)OC1CC3C4CCC5CC(O[C@@H]6O[C@H](CO)[C@H](O)[C@H](O)[C@H]6O[C@@H]6O[C@H](CO)[C@@H](O)[C@H](O[C@@H]7O[C@H](CO)[C@@H](O)[C@H](O)[C@H]7O)[C@H]6O)CCC5(C)C4CCC3(C)C1C2C.